The molecule has 0 aliphatic carbocycles. The highest BCUT2D eigenvalue weighted by Gasteiger charge is 2.35. The summed E-state index contributed by atoms with van der Waals surface area (Å²) in [6, 6.07) is 13.0. The SMILES string of the molecule is COCC(=O)N1CC(C(=O)Nc2ccc(OC)cc2)CCC1c1ccc(F)cc1. The van der Waals surface area contributed by atoms with Crippen molar-refractivity contribution >= 4 is 17.5 Å². The Morgan fingerprint density at radius 1 is 1.07 bits per heavy atom. The Balaban J connectivity index is 1.72. The summed E-state index contributed by atoms with van der Waals surface area (Å²) in [5.74, 6) is -0.281. The first-order chi connectivity index (χ1) is 14.0. The van der Waals surface area contributed by atoms with Crippen LogP contribution in [0, 0.1) is 11.7 Å². The Hall–Kier alpha value is -2.93. The summed E-state index contributed by atoms with van der Waals surface area (Å²) in [6.07, 6.45) is 1.24. The number of carbonyl (C=O) groups is 2. The number of piperidine rings is 1. The standard InChI is InChI=1S/C22H25FN2O4/c1-28-14-21(26)25-13-16(5-12-20(25)15-3-6-17(23)7-4-15)22(27)24-18-8-10-19(29-2)11-9-18/h3-4,6-11,16,20H,5,12-14H2,1-2H3,(H,24,27). The molecule has 1 fully saturated rings. The van der Waals surface area contributed by atoms with Gasteiger partial charge in [-0.05, 0) is 54.8 Å². The Labute approximate surface area is 169 Å². The third-order valence-electron chi connectivity index (χ3n) is 5.15. The fourth-order valence-electron chi connectivity index (χ4n) is 3.62. The molecular formula is C22H25FN2O4. The van der Waals surface area contributed by atoms with Crippen LogP contribution >= 0.6 is 0 Å². The number of rotatable bonds is 6. The van der Waals surface area contributed by atoms with Gasteiger partial charge in [0.05, 0.1) is 19.1 Å². The molecule has 0 spiro atoms. The number of anilines is 1. The minimum atomic E-state index is -0.338. The molecule has 2 aromatic rings. The van der Waals surface area contributed by atoms with Crippen molar-refractivity contribution in [1.29, 1.82) is 0 Å². The van der Waals surface area contributed by atoms with Crippen molar-refractivity contribution in [2.45, 2.75) is 18.9 Å². The van der Waals surface area contributed by atoms with E-state index in [9.17, 15) is 14.0 Å². The van der Waals surface area contributed by atoms with Gasteiger partial charge < -0.3 is 19.7 Å². The maximum atomic E-state index is 13.3. The maximum Gasteiger partial charge on any atom is 0.249 e. The predicted octanol–water partition coefficient (Wildman–Crippen LogP) is 3.40. The molecule has 2 unspecified atom stereocenters. The number of carbonyl (C=O) groups excluding carboxylic acids is 2. The quantitative estimate of drug-likeness (QED) is 0.807. The molecule has 0 saturated carbocycles. The van der Waals surface area contributed by atoms with Gasteiger partial charge in [0.25, 0.3) is 0 Å². The van der Waals surface area contributed by atoms with Crippen molar-refractivity contribution in [1.82, 2.24) is 4.90 Å². The van der Waals surface area contributed by atoms with E-state index in [0.29, 0.717) is 24.3 Å². The van der Waals surface area contributed by atoms with E-state index in [4.69, 9.17) is 9.47 Å². The lowest BCUT2D eigenvalue weighted by atomic mass is 9.88. The van der Waals surface area contributed by atoms with Crippen LogP contribution in [0.1, 0.15) is 24.4 Å². The van der Waals surface area contributed by atoms with Gasteiger partial charge in [-0.15, -0.1) is 0 Å². The molecule has 0 bridgehead atoms. The normalized spacial score (nSPS) is 18.9. The van der Waals surface area contributed by atoms with E-state index in [1.54, 1.807) is 48.4 Å². The number of ether oxygens (including phenoxy) is 2. The van der Waals surface area contributed by atoms with Crippen LogP contribution in [-0.4, -0.2) is 44.1 Å². The van der Waals surface area contributed by atoms with Gasteiger partial charge in [0, 0.05) is 19.3 Å². The number of halogens is 1. The fourth-order valence-corrected chi connectivity index (χ4v) is 3.62. The second-order valence-corrected chi connectivity index (χ2v) is 7.04. The summed E-state index contributed by atoms with van der Waals surface area (Å²) in [7, 11) is 3.04. The molecule has 29 heavy (non-hydrogen) atoms. The minimum absolute atomic E-state index is 0.0650. The van der Waals surface area contributed by atoms with E-state index in [0.717, 1.165) is 5.56 Å². The third-order valence-corrected chi connectivity index (χ3v) is 5.15. The first-order valence-corrected chi connectivity index (χ1v) is 9.50. The van der Waals surface area contributed by atoms with Gasteiger partial charge >= 0.3 is 0 Å². The lowest BCUT2D eigenvalue weighted by Gasteiger charge is -2.39. The van der Waals surface area contributed by atoms with Crippen LogP contribution < -0.4 is 10.1 Å². The molecule has 2 amide bonds. The van der Waals surface area contributed by atoms with E-state index in [1.165, 1.54) is 19.2 Å². The number of benzene rings is 2. The lowest BCUT2D eigenvalue weighted by Crippen LogP contribution is -2.46. The summed E-state index contributed by atoms with van der Waals surface area (Å²) in [6.45, 7) is 0.219. The number of likely N-dealkylation sites (tertiary alicyclic amines) is 1. The number of methoxy groups -OCH3 is 2. The average Bonchev–Trinajstić information content (AvgIpc) is 2.74. The highest BCUT2D eigenvalue weighted by molar-refractivity contribution is 5.93. The van der Waals surface area contributed by atoms with Crippen molar-refractivity contribution < 1.29 is 23.5 Å². The van der Waals surface area contributed by atoms with Crippen molar-refractivity contribution in [3.05, 3.63) is 59.9 Å². The lowest BCUT2D eigenvalue weighted by molar-refractivity contribution is -0.141. The zero-order valence-electron chi connectivity index (χ0n) is 16.6. The highest BCUT2D eigenvalue weighted by Crippen LogP contribution is 2.34. The Kier molecular flexibility index (Phi) is 6.82. The first-order valence-electron chi connectivity index (χ1n) is 9.50. The van der Waals surface area contributed by atoms with Crippen LogP contribution in [0.5, 0.6) is 5.75 Å². The second kappa shape index (κ2) is 9.52. The zero-order valence-corrected chi connectivity index (χ0v) is 16.6. The number of hydrogen-bond acceptors (Lipinski definition) is 4. The Morgan fingerprint density at radius 3 is 2.38 bits per heavy atom. The van der Waals surface area contributed by atoms with Gasteiger partial charge in [0.2, 0.25) is 11.8 Å². The summed E-state index contributed by atoms with van der Waals surface area (Å²) in [5, 5.41) is 2.90. The van der Waals surface area contributed by atoms with Crippen LogP contribution in [0.4, 0.5) is 10.1 Å². The van der Waals surface area contributed by atoms with Gasteiger partial charge in [-0.3, -0.25) is 9.59 Å². The van der Waals surface area contributed by atoms with Gasteiger partial charge in [-0.25, -0.2) is 4.39 Å². The van der Waals surface area contributed by atoms with E-state index < -0.39 is 0 Å². The molecule has 1 N–H and O–H groups in total. The smallest absolute Gasteiger partial charge is 0.249 e. The minimum Gasteiger partial charge on any atom is -0.497 e. The predicted molar refractivity (Wildman–Crippen MR) is 107 cm³/mol. The van der Waals surface area contributed by atoms with Crippen LogP contribution in [0.2, 0.25) is 0 Å². The van der Waals surface area contributed by atoms with Gasteiger partial charge in [0.15, 0.2) is 0 Å². The summed E-state index contributed by atoms with van der Waals surface area (Å²) in [5.41, 5.74) is 1.52. The average molecular weight is 400 g/mol. The molecule has 6 nitrogen and oxygen atoms in total. The maximum absolute atomic E-state index is 13.3. The number of nitrogens with one attached hydrogen (secondary N) is 1. The number of amides is 2. The largest absolute Gasteiger partial charge is 0.497 e. The highest BCUT2D eigenvalue weighted by atomic mass is 19.1. The van der Waals surface area contributed by atoms with Crippen molar-refractivity contribution in [3.63, 3.8) is 0 Å². The molecule has 1 aliphatic heterocycles. The van der Waals surface area contributed by atoms with Crippen LogP contribution in [0.3, 0.4) is 0 Å². The van der Waals surface area contributed by atoms with Crippen LogP contribution in [-0.2, 0) is 14.3 Å². The molecule has 7 heteroatoms. The van der Waals surface area contributed by atoms with E-state index in [1.807, 2.05) is 0 Å². The Bertz CT molecular complexity index is 839. The molecule has 2 aromatic carbocycles. The fraction of sp³-hybridized carbons (Fsp3) is 0.364. The van der Waals surface area contributed by atoms with E-state index in [-0.39, 0.29) is 42.7 Å². The molecule has 1 saturated heterocycles. The topological polar surface area (TPSA) is 67.9 Å². The van der Waals surface area contributed by atoms with Gasteiger partial charge in [-0.1, -0.05) is 12.1 Å². The number of hydrogen-bond donors (Lipinski definition) is 1. The summed E-state index contributed by atoms with van der Waals surface area (Å²) < 4.78 is 23.4. The molecular weight excluding hydrogens is 375 g/mol. The van der Waals surface area contributed by atoms with Crippen LogP contribution in [0.15, 0.2) is 48.5 Å². The molecule has 3 rings (SSSR count). The summed E-state index contributed by atoms with van der Waals surface area (Å²) in [4.78, 5) is 27.1. The van der Waals surface area contributed by atoms with Crippen molar-refractivity contribution in [3.8, 4) is 5.75 Å². The van der Waals surface area contributed by atoms with Crippen molar-refractivity contribution in [2.24, 2.45) is 5.92 Å². The molecule has 1 aliphatic rings. The molecule has 0 aromatic heterocycles. The van der Waals surface area contributed by atoms with E-state index in [2.05, 4.69) is 5.32 Å². The third kappa shape index (κ3) is 5.12. The Morgan fingerprint density at radius 2 is 1.76 bits per heavy atom. The first kappa shape index (κ1) is 20.8. The van der Waals surface area contributed by atoms with Crippen molar-refractivity contribution in [2.75, 3.05) is 32.7 Å². The molecule has 154 valence electrons. The molecule has 0 radical (unpaired) electrons. The summed E-state index contributed by atoms with van der Waals surface area (Å²) >= 11 is 0. The van der Waals surface area contributed by atoms with E-state index >= 15 is 0 Å². The molecule has 2 atom stereocenters. The number of nitrogens with zero attached hydrogens (tertiary/aromatic N) is 1. The molecule has 1 heterocycles. The monoisotopic (exact) mass is 400 g/mol. The van der Waals surface area contributed by atoms with Crippen LogP contribution in [0.25, 0.3) is 0 Å². The zero-order chi connectivity index (χ0) is 20.8. The second-order valence-electron chi connectivity index (χ2n) is 7.04. The van der Waals surface area contributed by atoms with Gasteiger partial charge in [0.1, 0.15) is 18.2 Å². The van der Waals surface area contributed by atoms with Gasteiger partial charge in [-0.2, -0.15) is 0 Å².